The largest absolute Gasteiger partial charge is 0.511 e. The molecule has 9 nitrogen and oxygen atoms in total. The van der Waals surface area contributed by atoms with Crippen LogP contribution < -0.4 is 0 Å². The number of hydrogen-bond acceptors (Lipinski definition) is 8. The van der Waals surface area contributed by atoms with Crippen LogP contribution in [0.1, 0.15) is 34.1 Å². The van der Waals surface area contributed by atoms with Gasteiger partial charge in [0.2, 0.25) is 12.2 Å². The maximum absolute atomic E-state index is 12.4. The minimum atomic E-state index is -3.69. The fourth-order valence-corrected chi connectivity index (χ4v) is 4.87. The number of esters is 1. The molecule has 10 heteroatoms. The Balaban J connectivity index is 2.12. The highest BCUT2D eigenvalue weighted by Gasteiger charge is 2.68. The van der Waals surface area contributed by atoms with E-state index < -0.39 is 50.3 Å². The fraction of sp³-hybridized carbons (Fsp3) is 0.769. The van der Waals surface area contributed by atoms with Crippen molar-refractivity contribution >= 4 is 27.9 Å². The van der Waals surface area contributed by atoms with E-state index in [1.165, 1.54) is 20.8 Å². The van der Waals surface area contributed by atoms with Crippen LogP contribution >= 0.6 is 0 Å². The SMILES string of the molecule is CCOC(=O)OC(C)OC(=O)[C@@H]1N2C(=O)C[C@H]2S(=O)(=O)C1(C)C. The van der Waals surface area contributed by atoms with Gasteiger partial charge in [-0.25, -0.2) is 18.0 Å². The van der Waals surface area contributed by atoms with Gasteiger partial charge in [0.25, 0.3) is 0 Å². The molecule has 1 amide bonds. The normalized spacial score (nSPS) is 28.3. The third-order valence-electron chi connectivity index (χ3n) is 4.01. The predicted octanol–water partition coefficient (Wildman–Crippen LogP) is 0.183. The van der Waals surface area contributed by atoms with Gasteiger partial charge in [-0.2, -0.15) is 0 Å². The Morgan fingerprint density at radius 2 is 1.96 bits per heavy atom. The maximum atomic E-state index is 12.4. The van der Waals surface area contributed by atoms with E-state index in [2.05, 4.69) is 4.74 Å². The first-order chi connectivity index (χ1) is 10.5. The Hall–Kier alpha value is -1.84. The molecular weight excluding hydrogens is 330 g/mol. The number of hydrogen-bond donors (Lipinski definition) is 0. The van der Waals surface area contributed by atoms with Crippen LogP contribution in [0.15, 0.2) is 0 Å². The number of nitrogens with zero attached hydrogens (tertiary/aromatic N) is 1. The summed E-state index contributed by atoms with van der Waals surface area (Å²) in [5, 5.41) is -0.996. The lowest BCUT2D eigenvalue weighted by molar-refractivity contribution is -0.179. The van der Waals surface area contributed by atoms with Gasteiger partial charge in [-0.3, -0.25) is 4.79 Å². The van der Waals surface area contributed by atoms with Gasteiger partial charge in [0.15, 0.2) is 9.84 Å². The number of amides is 1. The second-order valence-corrected chi connectivity index (χ2v) is 8.50. The Morgan fingerprint density at radius 3 is 2.48 bits per heavy atom. The molecule has 0 aromatic rings. The molecule has 2 aliphatic heterocycles. The Labute approximate surface area is 133 Å². The van der Waals surface area contributed by atoms with Gasteiger partial charge in [-0.15, -0.1) is 0 Å². The average molecular weight is 349 g/mol. The molecule has 2 saturated heterocycles. The van der Waals surface area contributed by atoms with E-state index >= 15 is 0 Å². The van der Waals surface area contributed by atoms with Crippen molar-refractivity contribution in [2.75, 3.05) is 6.61 Å². The van der Waals surface area contributed by atoms with Gasteiger partial charge in [0.05, 0.1) is 17.8 Å². The molecule has 0 aromatic heterocycles. The number of rotatable bonds is 4. The number of β-lactam (4-membered cyclic amide) rings is 1. The van der Waals surface area contributed by atoms with Crippen molar-refractivity contribution in [3.8, 4) is 0 Å². The Morgan fingerprint density at radius 1 is 1.35 bits per heavy atom. The summed E-state index contributed by atoms with van der Waals surface area (Å²) in [6, 6.07) is -1.27. The van der Waals surface area contributed by atoms with Crippen molar-refractivity contribution in [3.63, 3.8) is 0 Å². The first kappa shape index (κ1) is 17.5. The van der Waals surface area contributed by atoms with Crippen molar-refractivity contribution in [2.45, 2.75) is 56.6 Å². The standard InChI is InChI=1S/C13H19NO8S/c1-5-20-12(17)22-7(2)21-11(16)10-13(3,4)23(18,19)9-6-8(15)14(9)10/h7,9-10H,5-6H2,1-4H3/t7?,9-,10+/m1/s1. The van der Waals surface area contributed by atoms with E-state index in [1.807, 2.05) is 0 Å². The molecule has 23 heavy (non-hydrogen) atoms. The van der Waals surface area contributed by atoms with Gasteiger partial charge in [0.1, 0.15) is 11.4 Å². The third kappa shape index (κ3) is 2.64. The van der Waals surface area contributed by atoms with E-state index in [1.54, 1.807) is 6.92 Å². The zero-order chi connectivity index (χ0) is 17.6. The quantitative estimate of drug-likeness (QED) is 0.401. The number of sulfone groups is 1. The zero-order valence-electron chi connectivity index (χ0n) is 13.3. The fourth-order valence-electron chi connectivity index (χ4n) is 2.75. The Kier molecular flexibility index (Phi) is 4.31. The van der Waals surface area contributed by atoms with E-state index in [4.69, 9.17) is 9.47 Å². The molecule has 0 aliphatic carbocycles. The second kappa shape index (κ2) is 5.66. The number of ether oxygens (including phenoxy) is 3. The lowest BCUT2D eigenvalue weighted by Crippen LogP contribution is -2.57. The predicted molar refractivity (Wildman–Crippen MR) is 75.7 cm³/mol. The second-order valence-electron chi connectivity index (χ2n) is 5.82. The highest BCUT2D eigenvalue weighted by molar-refractivity contribution is 7.93. The van der Waals surface area contributed by atoms with Gasteiger partial charge < -0.3 is 19.1 Å². The molecule has 0 bridgehead atoms. The Bertz CT molecular complexity index is 640. The topological polar surface area (TPSA) is 116 Å². The molecule has 130 valence electrons. The molecule has 2 fully saturated rings. The van der Waals surface area contributed by atoms with Gasteiger partial charge in [0, 0.05) is 6.92 Å². The summed E-state index contributed by atoms with van der Waals surface area (Å²) in [5.74, 6) is -1.36. The molecular formula is C13H19NO8S. The van der Waals surface area contributed by atoms with Crippen molar-refractivity contribution < 1.29 is 37.0 Å². The van der Waals surface area contributed by atoms with Crippen LogP contribution in [-0.4, -0.2) is 60.4 Å². The molecule has 3 atom stereocenters. The van der Waals surface area contributed by atoms with Crippen LogP contribution in [0.5, 0.6) is 0 Å². The molecule has 0 radical (unpaired) electrons. The summed E-state index contributed by atoms with van der Waals surface area (Å²) in [6.07, 6.45) is -2.41. The first-order valence-corrected chi connectivity index (χ1v) is 8.67. The monoisotopic (exact) mass is 349 g/mol. The van der Waals surface area contributed by atoms with E-state index in [9.17, 15) is 22.8 Å². The van der Waals surface area contributed by atoms with Crippen LogP contribution in [0.25, 0.3) is 0 Å². The zero-order valence-corrected chi connectivity index (χ0v) is 14.1. The summed E-state index contributed by atoms with van der Waals surface area (Å²) < 4.78 is 37.5. The molecule has 2 aliphatic rings. The summed E-state index contributed by atoms with van der Waals surface area (Å²) in [6.45, 7) is 5.71. The lowest BCUT2D eigenvalue weighted by Gasteiger charge is -2.36. The molecule has 0 aromatic carbocycles. The molecule has 2 heterocycles. The van der Waals surface area contributed by atoms with Crippen molar-refractivity contribution in [1.82, 2.24) is 4.90 Å². The number of carbonyl (C=O) groups excluding carboxylic acids is 3. The summed E-state index contributed by atoms with van der Waals surface area (Å²) in [5.41, 5.74) is 0. The smallest absolute Gasteiger partial charge is 0.435 e. The van der Waals surface area contributed by atoms with Gasteiger partial charge in [-0.05, 0) is 20.8 Å². The highest BCUT2D eigenvalue weighted by Crippen LogP contribution is 2.46. The lowest BCUT2D eigenvalue weighted by atomic mass is 9.98. The maximum Gasteiger partial charge on any atom is 0.511 e. The summed E-state index contributed by atoms with van der Waals surface area (Å²) in [4.78, 5) is 36.2. The molecule has 0 saturated carbocycles. The summed E-state index contributed by atoms with van der Waals surface area (Å²) in [7, 11) is -3.69. The van der Waals surface area contributed by atoms with Gasteiger partial charge in [-0.1, -0.05) is 0 Å². The van der Waals surface area contributed by atoms with Crippen LogP contribution in [0.2, 0.25) is 0 Å². The molecule has 0 N–H and O–H groups in total. The van der Waals surface area contributed by atoms with E-state index in [-0.39, 0.29) is 13.0 Å². The van der Waals surface area contributed by atoms with Crippen LogP contribution in [0.4, 0.5) is 4.79 Å². The van der Waals surface area contributed by atoms with E-state index in [0.717, 1.165) is 4.90 Å². The van der Waals surface area contributed by atoms with Crippen LogP contribution in [-0.2, 0) is 33.6 Å². The minimum Gasteiger partial charge on any atom is -0.435 e. The van der Waals surface area contributed by atoms with E-state index in [0.29, 0.717) is 0 Å². The minimum absolute atomic E-state index is 0.0946. The first-order valence-electron chi connectivity index (χ1n) is 7.12. The van der Waals surface area contributed by atoms with Crippen molar-refractivity contribution in [3.05, 3.63) is 0 Å². The number of fused-ring (bicyclic) bond motifs is 1. The molecule has 1 unspecified atom stereocenters. The molecule has 0 spiro atoms. The van der Waals surface area contributed by atoms with Crippen molar-refractivity contribution in [2.24, 2.45) is 0 Å². The van der Waals surface area contributed by atoms with Gasteiger partial charge >= 0.3 is 12.1 Å². The average Bonchev–Trinajstić information content (AvgIpc) is 2.52. The summed E-state index contributed by atoms with van der Waals surface area (Å²) >= 11 is 0. The molecule has 2 rings (SSSR count). The van der Waals surface area contributed by atoms with Crippen molar-refractivity contribution in [1.29, 1.82) is 0 Å². The highest BCUT2D eigenvalue weighted by atomic mass is 32.2. The van der Waals surface area contributed by atoms with Crippen LogP contribution in [0, 0.1) is 0 Å². The number of carbonyl (C=O) groups is 3. The van der Waals surface area contributed by atoms with Crippen LogP contribution in [0.3, 0.4) is 0 Å². The third-order valence-corrected chi connectivity index (χ3v) is 6.81.